The van der Waals surface area contributed by atoms with Crippen molar-refractivity contribution in [2.24, 2.45) is 0 Å². The molecule has 17 heavy (non-hydrogen) atoms. The van der Waals surface area contributed by atoms with Gasteiger partial charge in [0.15, 0.2) is 5.95 Å². The molecule has 1 aliphatic rings. The van der Waals surface area contributed by atoms with Crippen LogP contribution in [0.25, 0.3) is 11.3 Å². The van der Waals surface area contributed by atoms with E-state index < -0.39 is 0 Å². The van der Waals surface area contributed by atoms with Crippen molar-refractivity contribution in [2.45, 2.75) is 13.3 Å². The topological polar surface area (TPSA) is 57.9 Å². The SMILES string of the molecule is CCN1CCc2cc(-c3cnc(N)[nH]3)ccc21. The number of rotatable bonds is 2. The minimum Gasteiger partial charge on any atom is -0.371 e. The van der Waals surface area contributed by atoms with Crippen LogP contribution in [0.3, 0.4) is 0 Å². The molecule has 2 heterocycles. The zero-order chi connectivity index (χ0) is 11.8. The number of imidazole rings is 1. The van der Waals surface area contributed by atoms with Gasteiger partial charge in [-0.05, 0) is 31.0 Å². The molecule has 88 valence electrons. The summed E-state index contributed by atoms with van der Waals surface area (Å²) in [6, 6.07) is 6.55. The molecule has 0 radical (unpaired) electrons. The fourth-order valence-electron chi connectivity index (χ4n) is 2.45. The van der Waals surface area contributed by atoms with E-state index in [-0.39, 0.29) is 0 Å². The number of benzene rings is 1. The van der Waals surface area contributed by atoms with E-state index in [0.29, 0.717) is 5.95 Å². The van der Waals surface area contributed by atoms with Gasteiger partial charge in [-0.1, -0.05) is 6.07 Å². The summed E-state index contributed by atoms with van der Waals surface area (Å²) >= 11 is 0. The number of hydrogen-bond acceptors (Lipinski definition) is 3. The molecule has 1 aromatic heterocycles. The maximum Gasteiger partial charge on any atom is 0.197 e. The van der Waals surface area contributed by atoms with Gasteiger partial charge in [0, 0.05) is 24.3 Å². The lowest BCUT2D eigenvalue weighted by molar-refractivity contribution is 0.868. The van der Waals surface area contributed by atoms with E-state index in [9.17, 15) is 0 Å². The van der Waals surface area contributed by atoms with Gasteiger partial charge in [-0.2, -0.15) is 0 Å². The molecular formula is C13H16N4. The molecular weight excluding hydrogens is 212 g/mol. The van der Waals surface area contributed by atoms with Gasteiger partial charge >= 0.3 is 0 Å². The van der Waals surface area contributed by atoms with Crippen LogP contribution in [0.1, 0.15) is 12.5 Å². The third-order valence-corrected chi connectivity index (χ3v) is 3.36. The van der Waals surface area contributed by atoms with E-state index in [1.165, 1.54) is 11.3 Å². The fraction of sp³-hybridized carbons (Fsp3) is 0.308. The van der Waals surface area contributed by atoms with Crippen molar-refractivity contribution in [1.82, 2.24) is 9.97 Å². The smallest absolute Gasteiger partial charge is 0.197 e. The molecule has 4 heteroatoms. The van der Waals surface area contributed by atoms with Gasteiger partial charge in [0.1, 0.15) is 0 Å². The largest absolute Gasteiger partial charge is 0.371 e. The van der Waals surface area contributed by atoms with Crippen molar-refractivity contribution < 1.29 is 0 Å². The minimum absolute atomic E-state index is 0.468. The predicted octanol–water partition coefficient (Wildman–Crippen LogP) is 2.04. The van der Waals surface area contributed by atoms with E-state index >= 15 is 0 Å². The van der Waals surface area contributed by atoms with Crippen LogP contribution in [0, 0.1) is 0 Å². The molecule has 0 aliphatic carbocycles. The predicted molar refractivity (Wildman–Crippen MR) is 70.0 cm³/mol. The highest BCUT2D eigenvalue weighted by Gasteiger charge is 2.18. The first kappa shape index (κ1) is 10.2. The normalized spacial score (nSPS) is 14.1. The minimum atomic E-state index is 0.468. The summed E-state index contributed by atoms with van der Waals surface area (Å²) in [5.74, 6) is 0.468. The van der Waals surface area contributed by atoms with E-state index in [0.717, 1.165) is 30.8 Å². The Morgan fingerprint density at radius 1 is 1.47 bits per heavy atom. The van der Waals surface area contributed by atoms with Crippen LogP contribution in [0.2, 0.25) is 0 Å². The number of H-pyrrole nitrogens is 1. The van der Waals surface area contributed by atoms with Crippen molar-refractivity contribution in [3.63, 3.8) is 0 Å². The Hall–Kier alpha value is -1.97. The average Bonchev–Trinajstić information content (AvgIpc) is 2.94. The van der Waals surface area contributed by atoms with Gasteiger partial charge in [-0.3, -0.25) is 0 Å². The summed E-state index contributed by atoms with van der Waals surface area (Å²) < 4.78 is 0. The molecule has 4 nitrogen and oxygen atoms in total. The number of anilines is 2. The molecule has 0 fully saturated rings. The average molecular weight is 228 g/mol. The van der Waals surface area contributed by atoms with Crippen molar-refractivity contribution >= 4 is 11.6 Å². The van der Waals surface area contributed by atoms with Crippen molar-refractivity contribution in [3.05, 3.63) is 30.0 Å². The summed E-state index contributed by atoms with van der Waals surface area (Å²) in [7, 11) is 0. The quantitative estimate of drug-likeness (QED) is 0.827. The zero-order valence-electron chi connectivity index (χ0n) is 9.90. The summed E-state index contributed by atoms with van der Waals surface area (Å²) in [6.07, 6.45) is 2.91. The second-order valence-corrected chi connectivity index (χ2v) is 4.36. The maximum atomic E-state index is 5.60. The van der Waals surface area contributed by atoms with Gasteiger partial charge in [0.2, 0.25) is 0 Å². The van der Waals surface area contributed by atoms with Crippen molar-refractivity contribution in [2.75, 3.05) is 23.7 Å². The van der Waals surface area contributed by atoms with Crippen LogP contribution in [0.5, 0.6) is 0 Å². The Kier molecular flexibility index (Phi) is 2.28. The number of nitrogens with two attached hydrogens (primary N) is 1. The van der Waals surface area contributed by atoms with Crippen LogP contribution in [0.4, 0.5) is 11.6 Å². The van der Waals surface area contributed by atoms with E-state index in [1.54, 1.807) is 6.20 Å². The molecule has 0 atom stereocenters. The lowest BCUT2D eigenvalue weighted by atomic mass is 10.1. The molecule has 0 amide bonds. The molecule has 3 N–H and O–H groups in total. The second kappa shape index (κ2) is 3.80. The Labute approximate surface area is 100 Å². The first-order valence-corrected chi connectivity index (χ1v) is 5.96. The van der Waals surface area contributed by atoms with E-state index in [2.05, 4.69) is 40.0 Å². The van der Waals surface area contributed by atoms with Crippen LogP contribution >= 0.6 is 0 Å². The third-order valence-electron chi connectivity index (χ3n) is 3.36. The van der Waals surface area contributed by atoms with Crippen LogP contribution in [-0.4, -0.2) is 23.1 Å². The number of likely N-dealkylation sites (N-methyl/N-ethyl adjacent to an activating group) is 1. The van der Waals surface area contributed by atoms with Gasteiger partial charge in [0.05, 0.1) is 11.9 Å². The zero-order valence-corrected chi connectivity index (χ0v) is 9.90. The summed E-state index contributed by atoms with van der Waals surface area (Å²) in [5, 5.41) is 0. The van der Waals surface area contributed by atoms with Gasteiger partial charge in [0.25, 0.3) is 0 Å². The number of nitrogen functional groups attached to an aromatic ring is 1. The monoisotopic (exact) mass is 228 g/mol. The van der Waals surface area contributed by atoms with E-state index in [1.807, 2.05) is 0 Å². The molecule has 0 spiro atoms. The van der Waals surface area contributed by atoms with E-state index in [4.69, 9.17) is 5.73 Å². The molecule has 2 aromatic rings. The standard InChI is InChI=1S/C13H16N4/c1-2-17-6-5-10-7-9(3-4-12(10)17)11-8-15-13(14)16-11/h3-4,7-8H,2,5-6H2,1H3,(H3,14,15,16). The van der Waals surface area contributed by atoms with Crippen LogP contribution in [-0.2, 0) is 6.42 Å². The fourth-order valence-corrected chi connectivity index (χ4v) is 2.45. The molecule has 1 aliphatic heterocycles. The first-order valence-electron chi connectivity index (χ1n) is 5.96. The van der Waals surface area contributed by atoms with Crippen LogP contribution in [0.15, 0.2) is 24.4 Å². The molecule has 0 bridgehead atoms. The Bertz CT molecular complexity index is 544. The number of hydrogen-bond donors (Lipinski definition) is 2. The highest BCUT2D eigenvalue weighted by Crippen LogP contribution is 2.31. The molecule has 3 rings (SSSR count). The number of nitrogens with one attached hydrogen (secondary N) is 1. The van der Waals surface area contributed by atoms with Crippen molar-refractivity contribution in [3.8, 4) is 11.3 Å². The molecule has 0 unspecified atom stereocenters. The third kappa shape index (κ3) is 1.65. The summed E-state index contributed by atoms with van der Waals surface area (Å²) in [5.41, 5.74) is 10.5. The van der Waals surface area contributed by atoms with Gasteiger partial charge in [-0.25, -0.2) is 4.98 Å². The Morgan fingerprint density at radius 2 is 2.35 bits per heavy atom. The first-order chi connectivity index (χ1) is 8.28. The van der Waals surface area contributed by atoms with Gasteiger partial charge < -0.3 is 15.6 Å². The number of aromatic nitrogens is 2. The Balaban J connectivity index is 2.00. The molecule has 1 aromatic carbocycles. The lowest BCUT2D eigenvalue weighted by Crippen LogP contribution is -2.18. The number of aromatic amines is 1. The highest BCUT2D eigenvalue weighted by molar-refractivity contribution is 5.68. The molecule has 0 saturated heterocycles. The number of nitrogens with zero attached hydrogens (tertiary/aromatic N) is 2. The molecule has 0 saturated carbocycles. The lowest BCUT2D eigenvalue weighted by Gasteiger charge is -2.16. The highest BCUT2D eigenvalue weighted by atomic mass is 15.1. The van der Waals surface area contributed by atoms with Crippen LogP contribution < -0.4 is 10.6 Å². The number of fused-ring (bicyclic) bond motifs is 1. The Morgan fingerprint density at radius 3 is 3.06 bits per heavy atom. The van der Waals surface area contributed by atoms with Gasteiger partial charge in [-0.15, -0.1) is 0 Å². The maximum absolute atomic E-state index is 5.60. The summed E-state index contributed by atoms with van der Waals surface area (Å²) in [6.45, 7) is 4.39. The second-order valence-electron chi connectivity index (χ2n) is 4.36. The van der Waals surface area contributed by atoms with Crippen molar-refractivity contribution in [1.29, 1.82) is 0 Å². The summed E-state index contributed by atoms with van der Waals surface area (Å²) in [4.78, 5) is 9.49.